The number of aromatic nitrogens is 2. The van der Waals surface area contributed by atoms with Crippen LogP contribution < -0.4 is 0 Å². The van der Waals surface area contributed by atoms with E-state index in [4.69, 9.17) is 0 Å². The van der Waals surface area contributed by atoms with Gasteiger partial charge in [-0.3, -0.25) is 4.79 Å². The SMILES string of the molecule is CCN(CC)S(=O)(=O)c1c(C)nn(C(=O)c2cccc(F)c2)c1C. The number of hydrogen-bond acceptors (Lipinski definition) is 4. The van der Waals surface area contributed by atoms with Crippen molar-refractivity contribution in [3.8, 4) is 0 Å². The van der Waals surface area contributed by atoms with Gasteiger partial charge in [-0.05, 0) is 32.0 Å². The van der Waals surface area contributed by atoms with E-state index in [1.54, 1.807) is 20.8 Å². The summed E-state index contributed by atoms with van der Waals surface area (Å²) in [6.45, 7) is 7.19. The molecule has 0 bridgehead atoms. The lowest BCUT2D eigenvalue weighted by Gasteiger charge is -2.18. The molecule has 0 aliphatic carbocycles. The zero-order valence-corrected chi connectivity index (χ0v) is 14.9. The number of aryl methyl sites for hydroxylation is 1. The average molecular weight is 353 g/mol. The second-order valence-electron chi connectivity index (χ2n) is 5.32. The summed E-state index contributed by atoms with van der Waals surface area (Å²) in [6, 6.07) is 5.20. The summed E-state index contributed by atoms with van der Waals surface area (Å²) in [5.74, 6) is -1.12. The molecule has 130 valence electrons. The third-order valence-corrected chi connectivity index (χ3v) is 6.10. The normalized spacial score (nSPS) is 11.9. The Morgan fingerprint density at radius 1 is 1.25 bits per heavy atom. The molecule has 2 rings (SSSR count). The smallest absolute Gasteiger partial charge is 0.267 e. The fraction of sp³-hybridized carbons (Fsp3) is 0.375. The molecule has 0 aliphatic heterocycles. The third-order valence-electron chi connectivity index (χ3n) is 3.79. The summed E-state index contributed by atoms with van der Waals surface area (Å²) >= 11 is 0. The first-order valence-corrected chi connectivity index (χ1v) is 9.04. The minimum atomic E-state index is -3.74. The number of hydrogen-bond donors (Lipinski definition) is 0. The molecule has 0 saturated heterocycles. The molecule has 2 aromatic rings. The molecular formula is C16H20FN3O3S. The van der Waals surface area contributed by atoms with Gasteiger partial charge in [0.2, 0.25) is 10.0 Å². The maximum atomic E-state index is 13.3. The van der Waals surface area contributed by atoms with E-state index in [9.17, 15) is 17.6 Å². The zero-order valence-electron chi connectivity index (χ0n) is 14.1. The molecule has 1 aromatic heterocycles. The molecule has 6 nitrogen and oxygen atoms in total. The van der Waals surface area contributed by atoms with Crippen LogP contribution in [0.25, 0.3) is 0 Å². The van der Waals surface area contributed by atoms with Crippen LogP contribution in [0.2, 0.25) is 0 Å². The highest BCUT2D eigenvalue weighted by Gasteiger charge is 2.30. The van der Waals surface area contributed by atoms with E-state index >= 15 is 0 Å². The summed E-state index contributed by atoms with van der Waals surface area (Å²) in [7, 11) is -3.74. The van der Waals surface area contributed by atoms with Crippen LogP contribution in [0.1, 0.15) is 35.6 Å². The van der Waals surface area contributed by atoms with Gasteiger partial charge in [-0.1, -0.05) is 19.9 Å². The summed E-state index contributed by atoms with van der Waals surface area (Å²) in [5, 5.41) is 4.07. The van der Waals surface area contributed by atoms with Crippen molar-refractivity contribution >= 4 is 15.9 Å². The molecule has 0 spiro atoms. The molecule has 0 radical (unpaired) electrons. The topological polar surface area (TPSA) is 72.3 Å². The number of carbonyl (C=O) groups is 1. The minimum Gasteiger partial charge on any atom is -0.267 e. The highest BCUT2D eigenvalue weighted by atomic mass is 32.2. The molecule has 8 heteroatoms. The van der Waals surface area contributed by atoms with Crippen LogP contribution in [0.4, 0.5) is 4.39 Å². The highest BCUT2D eigenvalue weighted by molar-refractivity contribution is 7.89. The van der Waals surface area contributed by atoms with E-state index in [0.29, 0.717) is 13.1 Å². The lowest BCUT2D eigenvalue weighted by Crippen LogP contribution is -2.31. The lowest BCUT2D eigenvalue weighted by atomic mass is 10.2. The number of rotatable bonds is 5. The molecular weight excluding hydrogens is 333 g/mol. The standard InChI is InChI=1S/C16H20FN3O3S/c1-5-19(6-2)24(22,23)15-11(3)18-20(12(15)4)16(21)13-8-7-9-14(17)10-13/h7-10H,5-6H2,1-4H3. The monoisotopic (exact) mass is 353 g/mol. The van der Waals surface area contributed by atoms with Gasteiger partial charge in [-0.15, -0.1) is 0 Å². The van der Waals surface area contributed by atoms with Crippen molar-refractivity contribution in [3.05, 3.63) is 47.0 Å². The van der Waals surface area contributed by atoms with Crippen LogP contribution >= 0.6 is 0 Å². The van der Waals surface area contributed by atoms with Gasteiger partial charge >= 0.3 is 0 Å². The molecule has 1 aromatic carbocycles. The Labute approximate surface area is 140 Å². The lowest BCUT2D eigenvalue weighted by molar-refractivity contribution is 0.0941. The summed E-state index contributed by atoms with van der Waals surface area (Å²) in [6.07, 6.45) is 0. The Balaban J connectivity index is 2.56. The van der Waals surface area contributed by atoms with E-state index < -0.39 is 21.7 Å². The van der Waals surface area contributed by atoms with Gasteiger partial charge in [0.05, 0.1) is 11.4 Å². The summed E-state index contributed by atoms with van der Waals surface area (Å²) < 4.78 is 41.2. The van der Waals surface area contributed by atoms with Crippen molar-refractivity contribution in [1.82, 2.24) is 14.1 Å². The van der Waals surface area contributed by atoms with Gasteiger partial charge in [-0.25, -0.2) is 12.8 Å². The quantitative estimate of drug-likeness (QED) is 0.827. The van der Waals surface area contributed by atoms with Gasteiger partial charge in [0, 0.05) is 18.7 Å². The second-order valence-corrected chi connectivity index (χ2v) is 7.19. The van der Waals surface area contributed by atoms with Crippen LogP contribution in [0.3, 0.4) is 0 Å². The van der Waals surface area contributed by atoms with Gasteiger partial charge in [0.25, 0.3) is 5.91 Å². The Hall–Kier alpha value is -2.06. The Morgan fingerprint density at radius 2 is 1.88 bits per heavy atom. The molecule has 0 amide bonds. The van der Waals surface area contributed by atoms with Crippen LogP contribution in [0.15, 0.2) is 29.2 Å². The molecule has 0 N–H and O–H groups in total. The number of halogens is 1. The third kappa shape index (κ3) is 3.11. The first-order chi connectivity index (χ1) is 11.2. The zero-order chi connectivity index (χ0) is 18.1. The maximum absolute atomic E-state index is 13.3. The van der Waals surface area contributed by atoms with E-state index in [1.807, 2.05) is 0 Å². The van der Waals surface area contributed by atoms with Crippen LogP contribution in [0, 0.1) is 19.7 Å². The number of nitrogens with zero attached hydrogens (tertiary/aromatic N) is 3. The van der Waals surface area contributed by atoms with Crippen molar-refractivity contribution in [2.75, 3.05) is 13.1 Å². The highest BCUT2D eigenvalue weighted by Crippen LogP contribution is 2.24. The number of sulfonamides is 1. The van der Waals surface area contributed by atoms with Gasteiger partial charge < -0.3 is 0 Å². The number of carbonyl (C=O) groups excluding carboxylic acids is 1. The molecule has 1 heterocycles. The summed E-state index contributed by atoms with van der Waals surface area (Å²) in [5.41, 5.74) is 0.560. The fourth-order valence-corrected chi connectivity index (χ4v) is 4.45. The summed E-state index contributed by atoms with van der Waals surface area (Å²) in [4.78, 5) is 12.6. The number of benzene rings is 1. The van der Waals surface area contributed by atoms with E-state index in [2.05, 4.69) is 5.10 Å². The van der Waals surface area contributed by atoms with Crippen molar-refractivity contribution < 1.29 is 17.6 Å². The van der Waals surface area contributed by atoms with Gasteiger partial charge in [0.1, 0.15) is 10.7 Å². The van der Waals surface area contributed by atoms with Crippen molar-refractivity contribution in [3.63, 3.8) is 0 Å². The fourth-order valence-electron chi connectivity index (χ4n) is 2.64. The van der Waals surface area contributed by atoms with E-state index in [0.717, 1.165) is 10.7 Å². The molecule has 0 saturated carbocycles. The molecule has 0 fully saturated rings. The Bertz CT molecular complexity index is 871. The average Bonchev–Trinajstić information content (AvgIpc) is 2.82. The van der Waals surface area contributed by atoms with Crippen molar-refractivity contribution in [2.45, 2.75) is 32.6 Å². The van der Waals surface area contributed by atoms with Crippen molar-refractivity contribution in [2.24, 2.45) is 0 Å². The Morgan fingerprint density at radius 3 is 2.42 bits per heavy atom. The van der Waals surface area contributed by atoms with E-state index in [1.165, 1.54) is 29.4 Å². The second kappa shape index (κ2) is 6.82. The Kier molecular flexibility index (Phi) is 5.19. The molecule has 0 unspecified atom stereocenters. The largest absolute Gasteiger partial charge is 0.278 e. The van der Waals surface area contributed by atoms with Crippen LogP contribution in [0.5, 0.6) is 0 Å². The molecule has 24 heavy (non-hydrogen) atoms. The first-order valence-electron chi connectivity index (χ1n) is 7.60. The van der Waals surface area contributed by atoms with E-state index in [-0.39, 0.29) is 21.8 Å². The molecule has 0 aliphatic rings. The van der Waals surface area contributed by atoms with Gasteiger partial charge in [0.15, 0.2) is 0 Å². The minimum absolute atomic E-state index is 0.0240. The molecule has 0 atom stereocenters. The predicted molar refractivity (Wildman–Crippen MR) is 87.9 cm³/mol. The van der Waals surface area contributed by atoms with Crippen LogP contribution in [-0.2, 0) is 10.0 Å². The predicted octanol–water partition coefficient (Wildman–Crippen LogP) is 2.36. The maximum Gasteiger partial charge on any atom is 0.278 e. The van der Waals surface area contributed by atoms with Crippen molar-refractivity contribution in [1.29, 1.82) is 0 Å². The van der Waals surface area contributed by atoms with Crippen LogP contribution in [-0.4, -0.2) is 41.5 Å². The van der Waals surface area contributed by atoms with Gasteiger partial charge in [-0.2, -0.15) is 14.1 Å². The first kappa shape index (κ1) is 18.3.